The van der Waals surface area contributed by atoms with E-state index in [2.05, 4.69) is 4.90 Å². The Kier molecular flexibility index (Phi) is 8.40. The minimum Gasteiger partial charge on any atom is -0.444 e. The summed E-state index contributed by atoms with van der Waals surface area (Å²) in [6.07, 6.45) is 4.95. The van der Waals surface area contributed by atoms with Crippen molar-refractivity contribution in [2.45, 2.75) is 58.5 Å². The molecule has 2 heterocycles. The maximum atomic E-state index is 12.9. The van der Waals surface area contributed by atoms with Gasteiger partial charge in [0.25, 0.3) is 5.91 Å². The summed E-state index contributed by atoms with van der Waals surface area (Å²) < 4.78 is 5.47. The molecule has 2 aliphatic rings. The number of benzene rings is 1. The van der Waals surface area contributed by atoms with Crippen molar-refractivity contribution in [3.63, 3.8) is 0 Å². The molecule has 32 heavy (non-hydrogen) atoms. The largest absolute Gasteiger partial charge is 0.444 e. The maximum absolute atomic E-state index is 12.9. The molecule has 178 valence electrons. The molecule has 1 N–H and O–H groups in total. The number of likely N-dealkylation sites (tertiary alicyclic amines) is 1. The molecule has 0 aromatic heterocycles. The van der Waals surface area contributed by atoms with Gasteiger partial charge in [0.1, 0.15) is 5.60 Å². The first-order valence-corrected chi connectivity index (χ1v) is 12.0. The zero-order chi connectivity index (χ0) is 23.1. The minimum absolute atomic E-state index is 0.111. The molecule has 0 bridgehead atoms. The van der Waals surface area contributed by atoms with Gasteiger partial charge in [-0.3, -0.25) is 4.79 Å². The first-order valence-electron chi connectivity index (χ1n) is 12.0. The number of hydrogen-bond donors (Lipinski definition) is 1. The summed E-state index contributed by atoms with van der Waals surface area (Å²) >= 11 is 0. The number of unbranched alkanes of at least 4 members (excludes halogenated alkanes) is 1. The highest BCUT2D eigenvalue weighted by molar-refractivity contribution is 5.94. The van der Waals surface area contributed by atoms with Gasteiger partial charge in [0, 0.05) is 57.1 Å². The van der Waals surface area contributed by atoms with E-state index in [4.69, 9.17) is 9.84 Å². The van der Waals surface area contributed by atoms with E-state index in [-0.39, 0.29) is 18.6 Å². The van der Waals surface area contributed by atoms with Crippen LogP contribution in [-0.4, -0.2) is 78.4 Å². The molecule has 1 aromatic carbocycles. The highest BCUT2D eigenvalue weighted by Gasteiger charge is 2.27. The summed E-state index contributed by atoms with van der Waals surface area (Å²) in [6.45, 7) is 10.3. The number of piperidine rings is 1. The van der Waals surface area contributed by atoms with Crippen molar-refractivity contribution in [2.75, 3.05) is 50.8 Å². The van der Waals surface area contributed by atoms with Crippen LogP contribution in [0.2, 0.25) is 0 Å². The van der Waals surface area contributed by atoms with Crippen LogP contribution in [0.1, 0.15) is 63.2 Å². The van der Waals surface area contributed by atoms with Gasteiger partial charge in [0.15, 0.2) is 0 Å². The predicted molar refractivity (Wildman–Crippen MR) is 126 cm³/mol. The van der Waals surface area contributed by atoms with Crippen LogP contribution in [0.4, 0.5) is 10.5 Å². The molecule has 2 saturated heterocycles. The Morgan fingerprint density at radius 1 is 0.938 bits per heavy atom. The van der Waals surface area contributed by atoms with Gasteiger partial charge in [-0.2, -0.15) is 0 Å². The molecule has 2 aliphatic heterocycles. The standard InChI is InChI=1S/C25H39N3O4/c1-25(2,3)32-24(31)28-17-15-26(16-18-28)22-9-7-21(8-10-22)23(30)27-13-11-20(12-14-27)6-4-5-19-29/h7-10,20,29H,4-6,11-19H2,1-3H3. The number of aliphatic hydroxyl groups is 1. The van der Waals surface area contributed by atoms with Crippen LogP contribution in [0.25, 0.3) is 0 Å². The second-order valence-corrected chi connectivity index (χ2v) is 9.96. The van der Waals surface area contributed by atoms with E-state index in [0.29, 0.717) is 19.0 Å². The number of rotatable bonds is 6. The first kappa shape index (κ1) is 24.4. The fourth-order valence-corrected chi connectivity index (χ4v) is 4.44. The molecule has 7 heteroatoms. The average molecular weight is 446 g/mol. The lowest BCUT2D eigenvalue weighted by Crippen LogP contribution is -2.50. The van der Waals surface area contributed by atoms with E-state index < -0.39 is 5.60 Å². The van der Waals surface area contributed by atoms with Crippen LogP contribution in [-0.2, 0) is 4.74 Å². The van der Waals surface area contributed by atoms with Crippen molar-refractivity contribution in [2.24, 2.45) is 5.92 Å². The number of amides is 2. The number of hydrogen-bond acceptors (Lipinski definition) is 5. The molecule has 0 saturated carbocycles. The third-order valence-electron chi connectivity index (χ3n) is 6.33. The molecule has 0 radical (unpaired) electrons. The van der Waals surface area contributed by atoms with Crippen LogP contribution >= 0.6 is 0 Å². The van der Waals surface area contributed by atoms with Gasteiger partial charge in [0.05, 0.1) is 0 Å². The second kappa shape index (κ2) is 11.0. The van der Waals surface area contributed by atoms with E-state index in [9.17, 15) is 9.59 Å². The molecule has 1 aromatic rings. The van der Waals surface area contributed by atoms with Crippen molar-refractivity contribution < 1.29 is 19.4 Å². The second-order valence-electron chi connectivity index (χ2n) is 9.96. The number of carbonyl (C=O) groups is 2. The molecular formula is C25H39N3O4. The Bertz CT molecular complexity index is 743. The Hall–Kier alpha value is -2.28. The Balaban J connectivity index is 1.46. The van der Waals surface area contributed by atoms with Crippen LogP contribution < -0.4 is 4.90 Å². The first-order chi connectivity index (χ1) is 15.3. The number of ether oxygens (including phenoxy) is 1. The van der Waals surface area contributed by atoms with Gasteiger partial charge in [-0.25, -0.2) is 4.79 Å². The number of nitrogens with zero attached hydrogens (tertiary/aromatic N) is 3. The van der Waals surface area contributed by atoms with Crippen LogP contribution in [0, 0.1) is 5.92 Å². The van der Waals surface area contributed by atoms with E-state index in [1.807, 2.05) is 49.9 Å². The van der Waals surface area contributed by atoms with Crippen molar-refractivity contribution in [3.05, 3.63) is 29.8 Å². The predicted octanol–water partition coefficient (Wildman–Crippen LogP) is 3.76. The van der Waals surface area contributed by atoms with E-state index >= 15 is 0 Å². The summed E-state index contributed by atoms with van der Waals surface area (Å²) in [5, 5.41) is 8.93. The van der Waals surface area contributed by atoms with Gasteiger partial charge in [-0.05, 0) is 70.2 Å². The highest BCUT2D eigenvalue weighted by atomic mass is 16.6. The van der Waals surface area contributed by atoms with Gasteiger partial charge in [0.2, 0.25) is 0 Å². The summed E-state index contributed by atoms with van der Waals surface area (Å²) in [5.41, 5.74) is 1.33. The topological polar surface area (TPSA) is 73.3 Å². The summed E-state index contributed by atoms with van der Waals surface area (Å²) in [4.78, 5) is 31.1. The quantitative estimate of drug-likeness (QED) is 0.675. The third-order valence-corrected chi connectivity index (χ3v) is 6.33. The smallest absolute Gasteiger partial charge is 0.410 e. The molecule has 2 amide bonds. The fourth-order valence-electron chi connectivity index (χ4n) is 4.44. The maximum Gasteiger partial charge on any atom is 0.410 e. The Morgan fingerprint density at radius 2 is 1.56 bits per heavy atom. The van der Waals surface area contributed by atoms with E-state index in [1.165, 1.54) is 0 Å². The molecule has 0 atom stereocenters. The van der Waals surface area contributed by atoms with Gasteiger partial charge < -0.3 is 24.5 Å². The van der Waals surface area contributed by atoms with Crippen LogP contribution in [0.3, 0.4) is 0 Å². The summed E-state index contributed by atoms with van der Waals surface area (Å²) in [7, 11) is 0. The number of carbonyl (C=O) groups excluding carboxylic acids is 2. The lowest BCUT2D eigenvalue weighted by Gasteiger charge is -2.37. The molecule has 2 fully saturated rings. The highest BCUT2D eigenvalue weighted by Crippen LogP contribution is 2.25. The van der Waals surface area contributed by atoms with E-state index in [1.54, 1.807) is 4.90 Å². The van der Waals surface area contributed by atoms with Crippen LogP contribution in [0.15, 0.2) is 24.3 Å². The lowest BCUT2D eigenvalue weighted by atomic mass is 9.91. The lowest BCUT2D eigenvalue weighted by molar-refractivity contribution is 0.0240. The molecule has 0 aliphatic carbocycles. The van der Waals surface area contributed by atoms with Gasteiger partial charge in [-0.1, -0.05) is 12.8 Å². The number of piperazine rings is 1. The molecular weight excluding hydrogens is 406 g/mol. The van der Waals surface area contributed by atoms with Crippen LogP contribution in [0.5, 0.6) is 0 Å². The summed E-state index contributed by atoms with van der Waals surface area (Å²) in [6, 6.07) is 7.87. The molecule has 0 spiro atoms. The molecule has 0 unspecified atom stereocenters. The minimum atomic E-state index is -0.480. The van der Waals surface area contributed by atoms with Crippen molar-refractivity contribution in [3.8, 4) is 0 Å². The zero-order valence-electron chi connectivity index (χ0n) is 19.9. The monoisotopic (exact) mass is 445 g/mol. The van der Waals surface area contributed by atoms with Gasteiger partial charge >= 0.3 is 6.09 Å². The summed E-state index contributed by atoms with van der Waals surface area (Å²) in [5.74, 6) is 0.785. The SMILES string of the molecule is CC(C)(C)OC(=O)N1CCN(c2ccc(C(=O)N3CCC(CCCCO)CC3)cc2)CC1. The number of aliphatic hydroxyl groups excluding tert-OH is 1. The molecule has 3 rings (SSSR count). The van der Waals surface area contributed by atoms with E-state index in [0.717, 1.165) is 69.5 Å². The normalized spacial score (nSPS) is 18.1. The fraction of sp³-hybridized carbons (Fsp3) is 0.680. The Morgan fingerprint density at radius 3 is 2.12 bits per heavy atom. The zero-order valence-corrected chi connectivity index (χ0v) is 19.9. The van der Waals surface area contributed by atoms with Crippen molar-refractivity contribution in [1.29, 1.82) is 0 Å². The van der Waals surface area contributed by atoms with Crippen molar-refractivity contribution in [1.82, 2.24) is 9.80 Å². The number of anilines is 1. The van der Waals surface area contributed by atoms with Gasteiger partial charge in [-0.15, -0.1) is 0 Å². The molecule has 7 nitrogen and oxygen atoms in total. The van der Waals surface area contributed by atoms with Crippen molar-refractivity contribution >= 4 is 17.7 Å². The Labute approximate surface area is 192 Å². The average Bonchev–Trinajstić information content (AvgIpc) is 2.78. The third kappa shape index (κ3) is 6.86.